The summed E-state index contributed by atoms with van der Waals surface area (Å²) in [6, 6.07) is 29.0. The van der Waals surface area contributed by atoms with Crippen LogP contribution in [-0.4, -0.2) is 33.0 Å². The van der Waals surface area contributed by atoms with Crippen LogP contribution in [0.25, 0.3) is 5.69 Å². The molecule has 0 unspecified atom stereocenters. The number of hydrogen-bond acceptors (Lipinski definition) is 4. The van der Waals surface area contributed by atoms with E-state index in [0.717, 1.165) is 35.3 Å². The molecule has 1 heterocycles. The fourth-order valence-corrected chi connectivity index (χ4v) is 4.63. The van der Waals surface area contributed by atoms with Crippen molar-refractivity contribution < 1.29 is 4.79 Å². The highest BCUT2D eigenvalue weighted by atomic mass is 32.2. The van der Waals surface area contributed by atoms with Crippen LogP contribution in [-0.2, 0) is 17.6 Å². The Morgan fingerprint density at radius 3 is 2.26 bits per heavy atom. The highest BCUT2D eigenvalue weighted by Crippen LogP contribution is 2.24. The smallest absolute Gasteiger partial charge is 0.220 e. The van der Waals surface area contributed by atoms with Gasteiger partial charge in [-0.15, -0.1) is 10.2 Å². The van der Waals surface area contributed by atoms with Crippen molar-refractivity contribution in [2.75, 3.05) is 12.3 Å². The van der Waals surface area contributed by atoms with Gasteiger partial charge in [0.15, 0.2) is 5.16 Å². The molecule has 0 spiro atoms. The number of amides is 1. The van der Waals surface area contributed by atoms with Gasteiger partial charge in [-0.3, -0.25) is 9.36 Å². The van der Waals surface area contributed by atoms with E-state index in [1.54, 1.807) is 11.8 Å². The second kappa shape index (κ2) is 12.2. The number of nitrogens with zero attached hydrogens (tertiary/aromatic N) is 3. The number of carbonyl (C=O) groups excluding carboxylic acids is 1. The van der Waals surface area contributed by atoms with Crippen molar-refractivity contribution in [3.63, 3.8) is 0 Å². The summed E-state index contributed by atoms with van der Waals surface area (Å²) in [4.78, 5) is 12.2. The van der Waals surface area contributed by atoms with Gasteiger partial charge >= 0.3 is 0 Å². The van der Waals surface area contributed by atoms with Crippen molar-refractivity contribution in [2.45, 2.75) is 37.8 Å². The minimum atomic E-state index is 0.0984. The van der Waals surface area contributed by atoms with Crippen LogP contribution >= 0.6 is 11.8 Å². The lowest BCUT2D eigenvalue weighted by Gasteiger charge is -2.11. The molecule has 4 aromatic rings. The number of aromatic nitrogens is 3. The SMILES string of the molecule is Cc1ccc(-n2c(Cc3ccccc3)nnc2SCCCC(=O)NCCc2ccccc2)cc1. The Morgan fingerprint density at radius 1 is 0.882 bits per heavy atom. The number of hydrogen-bond donors (Lipinski definition) is 1. The lowest BCUT2D eigenvalue weighted by atomic mass is 10.1. The lowest BCUT2D eigenvalue weighted by Crippen LogP contribution is -2.25. The van der Waals surface area contributed by atoms with Crippen molar-refractivity contribution >= 4 is 17.7 Å². The second-order valence-corrected chi connectivity index (χ2v) is 9.33. The topological polar surface area (TPSA) is 59.8 Å². The molecular formula is C28H30N4OS. The third-order valence-electron chi connectivity index (χ3n) is 5.56. The summed E-state index contributed by atoms with van der Waals surface area (Å²) in [5, 5.41) is 12.9. The maximum absolute atomic E-state index is 12.2. The molecule has 34 heavy (non-hydrogen) atoms. The predicted octanol–water partition coefficient (Wildman–Crippen LogP) is 5.40. The molecule has 0 atom stereocenters. The van der Waals surface area contributed by atoms with Crippen molar-refractivity contribution in [2.24, 2.45) is 0 Å². The molecule has 4 rings (SSSR count). The molecule has 1 aromatic heterocycles. The van der Waals surface area contributed by atoms with Crippen LogP contribution in [0, 0.1) is 6.92 Å². The molecule has 174 valence electrons. The molecule has 1 amide bonds. The molecule has 0 aliphatic heterocycles. The van der Waals surface area contributed by atoms with E-state index in [9.17, 15) is 4.79 Å². The van der Waals surface area contributed by atoms with Gasteiger partial charge < -0.3 is 5.32 Å². The Bertz CT molecular complexity index is 1170. The number of benzene rings is 3. The first-order chi connectivity index (χ1) is 16.7. The summed E-state index contributed by atoms with van der Waals surface area (Å²) in [6.45, 7) is 2.75. The van der Waals surface area contributed by atoms with E-state index in [0.29, 0.717) is 19.4 Å². The standard InChI is InChI=1S/C28H30N4OS/c1-22-14-16-25(17-15-22)32-26(21-24-11-6-3-7-12-24)30-31-28(32)34-20-8-13-27(33)29-19-18-23-9-4-2-5-10-23/h2-7,9-12,14-17H,8,13,18-21H2,1H3,(H,29,33). The zero-order valence-corrected chi connectivity index (χ0v) is 20.3. The molecule has 0 saturated carbocycles. The van der Waals surface area contributed by atoms with Crippen LogP contribution < -0.4 is 5.32 Å². The van der Waals surface area contributed by atoms with Gasteiger partial charge in [0, 0.05) is 30.8 Å². The Kier molecular flexibility index (Phi) is 8.52. The maximum Gasteiger partial charge on any atom is 0.220 e. The first-order valence-electron chi connectivity index (χ1n) is 11.7. The molecule has 0 radical (unpaired) electrons. The van der Waals surface area contributed by atoms with Crippen LogP contribution in [0.3, 0.4) is 0 Å². The zero-order valence-electron chi connectivity index (χ0n) is 19.5. The molecule has 0 aliphatic rings. The van der Waals surface area contributed by atoms with Gasteiger partial charge in [-0.25, -0.2) is 0 Å². The average molecular weight is 471 g/mol. The Labute approximate surface area is 205 Å². The van der Waals surface area contributed by atoms with Crippen molar-refractivity contribution in [1.82, 2.24) is 20.1 Å². The third-order valence-corrected chi connectivity index (χ3v) is 6.57. The Balaban J connectivity index is 1.33. The number of aryl methyl sites for hydroxylation is 1. The quantitative estimate of drug-likeness (QED) is 0.236. The summed E-state index contributed by atoms with van der Waals surface area (Å²) in [6.07, 6.45) is 2.87. The van der Waals surface area contributed by atoms with Crippen LogP contribution in [0.2, 0.25) is 0 Å². The van der Waals surface area contributed by atoms with E-state index in [2.05, 4.69) is 75.5 Å². The molecule has 1 N–H and O–H groups in total. The van der Waals surface area contributed by atoms with E-state index in [4.69, 9.17) is 0 Å². The van der Waals surface area contributed by atoms with E-state index >= 15 is 0 Å². The largest absolute Gasteiger partial charge is 0.356 e. The number of rotatable bonds is 11. The third kappa shape index (κ3) is 6.81. The van der Waals surface area contributed by atoms with Gasteiger partial charge in [0.25, 0.3) is 0 Å². The van der Waals surface area contributed by atoms with Crippen LogP contribution in [0.4, 0.5) is 0 Å². The fourth-order valence-electron chi connectivity index (χ4n) is 3.72. The van der Waals surface area contributed by atoms with Gasteiger partial charge in [0.05, 0.1) is 0 Å². The Morgan fingerprint density at radius 2 is 1.56 bits per heavy atom. The van der Waals surface area contributed by atoms with Crippen molar-refractivity contribution in [3.05, 3.63) is 107 Å². The number of thioether (sulfide) groups is 1. The summed E-state index contributed by atoms with van der Waals surface area (Å²) >= 11 is 1.65. The minimum absolute atomic E-state index is 0.0984. The molecule has 6 heteroatoms. The molecule has 3 aromatic carbocycles. The molecule has 0 fully saturated rings. The monoisotopic (exact) mass is 470 g/mol. The summed E-state index contributed by atoms with van der Waals surface area (Å²) in [5.74, 6) is 1.82. The van der Waals surface area contributed by atoms with Crippen LogP contribution in [0.1, 0.15) is 35.4 Å². The zero-order chi connectivity index (χ0) is 23.6. The molecule has 0 aliphatic carbocycles. The van der Waals surface area contributed by atoms with Crippen molar-refractivity contribution in [1.29, 1.82) is 0 Å². The molecule has 5 nitrogen and oxygen atoms in total. The normalized spacial score (nSPS) is 10.9. The van der Waals surface area contributed by atoms with Crippen molar-refractivity contribution in [3.8, 4) is 5.69 Å². The number of nitrogens with one attached hydrogen (secondary N) is 1. The van der Waals surface area contributed by atoms with Crippen LogP contribution in [0.15, 0.2) is 90.1 Å². The van der Waals surface area contributed by atoms with Crippen LogP contribution in [0.5, 0.6) is 0 Å². The van der Waals surface area contributed by atoms with Gasteiger partial charge in [-0.1, -0.05) is 90.1 Å². The lowest BCUT2D eigenvalue weighted by molar-refractivity contribution is -0.121. The van der Waals surface area contributed by atoms with E-state index in [1.807, 2.05) is 36.4 Å². The van der Waals surface area contributed by atoms with E-state index < -0.39 is 0 Å². The number of carbonyl (C=O) groups is 1. The minimum Gasteiger partial charge on any atom is -0.356 e. The molecule has 0 saturated heterocycles. The van der Waals surface area contributed by atoms with Gasteiger partial charge in [-0.2, -0.15) is 0 Å². The highest BCUT2D eigenvalue weighted by molar-refractivity contribution is 7.99. The first-order valence-corrected chi connectivity index (χ1v) is 12.7. The van der Waals surface area contributed by atoms with E-state index in [1.165, 1.54) is 16.7 Å². The fraction of sp³-hybridized carbons (Fsp3) is 0.250. The maximum atomic E-state index is 12.2. The highest BCUT2D eigenvalue weighted by Gasteiger charge is 2.15. The average Bonchev–Trinajstić information content (AvgIpc) is 3.26. The molecule has 0 bridgehead atoms. The second-order valence-electron chi connectivity index (χ2n) is 8.27. The Hall–Kier alpha value is -3.38. The van der Waals surface area contributed by atoms with E-state index in [-0.39, 0.29) is 5.91 Å². The van der Waals surface area contributed by atoms with Gasteiger partial charge in [0.2, 0.25) is 5.91 Å². The summed E-state index contributed by atoms with van der Waals surface area (Å²) in [5.41, 5.74) is 4.71. The van der Waals surface area contributed by atoms with Gasteiger partial charge in [0.1, 0.15) is 5.82 Å². The predicted molar refractivity (Wildman–Crippen MR) is 138 cm³/mol. The van der Waals surface area contributed by atoms with Gasteiger partial charge in [-0.05, 0) is 43.0 Å². The summed E-state index contributed by atoms with van der Waals surface area (Å²) in [7, 11) is 0. The molecular weight excluding hydrogens is 440 g/mol. The summed E-state index contributed by atoms with van der Waals surface area (Å²) < 4.78 is 2.14. The first kappa shape index (κ1) is 23.8.